The lowest BCUT2D eigenvalue weighted by molar-refractivity contribution is -0.140. The molecule has 1 atom stereocenters. The number of anilines is 1. The summed E-state index contributed by atoms with van der Waals surface area (Å²) in [6, 6.07) is -1.38. The molecule has 0 aliphatic carbocycles. The van der Waals surface area contributed by atoms with Crippen LogP contribution >= 0.6 is 11.6 Å². The molecule has 0 unspecified atom stereocenters. The van der Waals surface area contributed by atoms with Crippen molar-refractivity contribution in [3.05, 3.63) is 28.8 Å². The van der Waals surface area contributed by atoms with Gasteiger partial charge in [0.25, 0.3) is 0 Å². The summed E-state index contributed by atoms with van der Waals surface area (Å²) >= 11 is 5.52. The van der Waals surface area contributed by atoms with E-state index >= 15 is 0 Å². The molecule has 0 saturated carbocycles. The zero-order valence-electron chi connectivity index (χ0n) is 9.28. The third-order valence-corrected chi connectivity index (χ3v) is 2.33. The molecule has 0 fully saturated rings. The minimum absolute atomic E-state index is 0.386. The van der Waals surface area contributed by atoms with Crippen molar-refractivity contribution in [3.8, 4) is 0 Å². The van der Waals surface area contributed by atoms with Gasteiger partial charge in [-0.2, -0.15) is 0 Å². The van der Waals surface area contributed by atoms with E-state index in [0.717, 1.165) is 6.07 Å². The molecule has 1 aromatic rings. The summed E-state index contributed by atoms with van der Waals surface area (Å²) in [7, 11) is 0. The van der Waals surface area contributed by atoms with Gasteiger partial charge < -0.3 is 20.8 Å². The van der Waals surface area contributed by atoms with E-state index in [2.05, 4.69) is 0 Å². The fraction of sp³-hybridized carbons (Fsp3) is 0.200. The molecule has 9 heteroatoms. The Morgan fingerprint density at radius 3 is 2.47 bits per heavy atom. The van der Waals surface area contributed by atoms with Gasteiger partial charge in [-0.3, -0.25) is 0 Å². The largest absolute Gasteiger partial charge is 0.480 e. The quantitative estimate of drug-likeness (QED) is 0.670. The second-order valence-electron chi connectivity index (χ2n) is 3.42. The normalized spacial score (nSPS) is 11.8. The van der Waals surface area contributed by atoms with Crippen LogP contribution in [0.1, 0.15) is 0 Å². The Kier molecular flexibility index (Phi) is 5.02. The number of hydrogen-bond acceptors (Lipinski definition) is 3. The second-order valence-corrected chi connectivity index (χ2v) is 3.82. The number of urea groups is 1. The molecular formula is C10H9ClF2N2O4. The van der Waals surface area contributed by atoms with E-state index in [0.29, 0.717) is 6.07 Å². The van der Waals surface area contributed by atoms with Crippen molar-refractivity contribution in [3.63, 3.8) is 0 Å². The van der Waals surface area contributed by atoms with Crippen LogP contribution in [0.4, 0.5) is 19.3 Å². The van der Waals surface area contributed by atoms with Crippen LogP contribution in [0.25, 0.3) is 0 Å². The first kappa shape index (κ1) is 15.1. The zero-order chi connectivity index (χ0) is 14.6. The van der Waals surface area contributed by atoms with E-state index in [-0.39, 0.29) is 5.02 Å². The summed E-state index contributed by atoms with van der Waals surface area (Å²) in [6.45, 7) is -0.845. The van der Waals surface area contributed by atoms with E-state index in [1.165, 1.54) is 0 Å². The highest BCUT2D eigenvalue weighted by atomic mass is 35.5. The van der Waals surface area contributed by atoms with Crippen molar-refractivity contribution in [1.82, 2.24) is 5.32 Å². The van der Waals surface area contributed by atoms with Crippen LogP contribution in [-0.4, -0.2) is 34.9 Å². The fourth-order valence-corrected chi connectivity index (χ4v) is 1.40. The number of aliphatic hydroxyl groups is 1. The lowest BCUT2D eigenvalue weighted by atomic mass is 10.3. The predicted octanol–water partition coefficient (Wildman–Crippen LogP) is 1.19. The van der Waals surface area contributed by atoms with Crippen LogP contribution in [0.2, 0.25) is 5.02 Å². The highest BCUT2D eigenvalue weighted by molar-refractivity contribution is 6.33. The summed E-state index contributed by atoms with van der Waals surface area (Å²) in [5, 5.41) is 20.7. The van der Waals surface area contributed by atoms with Crippen molar-refractivity contribution in [2.45, 2.75) is 6.04 Å². The fourth-order valence-electron chi connectivity index (χ4n) is 1.15. The Hall–Kier alpha value is -1.93. The Balaban J connectivity index is 2.80. The molecule has 1 rings (SSSR count). The second kappa shape index (κ2) is 6.30. The van der Waals surface area contributed by atoms with Gasteiger partial charge in [-0.05, 0) is 6.07 Å². The molecule has 104 valence electrons. The smallest absolute Gasteiger partial charge is 0.328 e. The Morgan fingerprint density at radius 2 is 2.00 bits per heavy atom. The van der Waals surface area contributed by atoms with E-state index < -0.39 is 42.0 Å². The predicted molar refractivity (Wildman–Crippen MR) is 62.0 cm³/mol. The van der Waals surface area contributed by atoms with Crippen molar-refractivity contribution in [1.29, 1.82) is 0 Å². The van der Waals surface area contributed by atoms with Crippen molar-refractivity contribution in [2.75, 3.05) is 11.9 Å². The van der Waals surface area contributed by atoms with Gasteiger partial charge in [-0.25, -0.2) is 18.4 Å². The Bertz CT molecular complexity index is 489. The third kappa shape index (κ3) is 4.04. The number of aliphatic hydroxyl groups excluding tert-OH is 1. The number of benzene rings is 1. The van der Waals surface area contributed by atoms with Crippen LogP contribution in [-0.2, 0) is 4.79 Å². The summed E-state index contributed by atoms with van der Waals surface area (Å²) in [5.74, 6) is -3.51. The van der Waals surface area contributed by atoms with Gasteiger partial charge in [0, 0.05) is 6.07 Å². The maximum atomic E-state index is 13.3. The number of amides is 2. The lowest BCUT2D eigenvalue weighted by Crippen LogP contribution is -2.45. The molecule has 0 bridgehead atoms. The van der Waals surface area contributed by atoms with Crippen LogP contribution in [0, 0.1) is 11.6 Å². The number of carbonyl (C=O) groups is 2. The average Bonchev–Trinajstić information content (AvgIpc) is 2.30. The van der Waals surface area contributed by atoms with Crippen LogP contribution in [0.15, 0.2) is 12.1 Å². The van der Waals surface area contributed by atoms with E-state index in [4.69, 9.17) is 21.8 Å². The number of carbonyl (C=O) groups excluding carboxylic acids is 1. The summed E-state index contributed by atoms with van der Waals surface area (Å²) < 4.78 is 26.1. The number of halogens is 3. The number of carboxylic acids is 1. The molecule has 0 radical (unpaired) electrons. The van der Waals surface area contributed by atoms with Gasteiger partial charge in [0.15, 0.2) is 11.9 Å². The number of aliphatic carboxylic acids is 1. The maximum Gasteiger partial charge on any atom is 0.328 e. The summed E-state index contributed by atoms with van der Waals surface area (Å²) in [4.78, 5) is 21.9. The van der Waals surface area contributed by atoms with Gasteiger partial charge >= 0.3 is 12.0 Å². The molecule has 0 aromatic heterocycles. The zero-order valence-corrected chi connectivity index (χ0v) is 10.0. The highest BCUT2D eigenvalue weighted by Gasteiger charge is 2.20. The number of nitrogens with one attached hydrogen (secondary N) is 2. The number of hydrogen-bond donors (Lipinski definition) is 4. The molecule has 0 aliphatic rings. The van der Waals surface area contributed by atoms with Gasteiger partial charge in [0.1, 0.15) is 5.82 Å². The minimum Gasteiger partial charge on any atom is -0.480 e. The molecule has 0 saturated heterocycles. The van der Waals surface area contributed by atoms with Crippen molar-refractivity contribution < 1.29 is 28.6 Å². The topological polar surface area (TPSA) is 98.7 Å². The Morgan fingerprint density at radius 1 is 1.37 bits per heavy atom. The van der Waals surface area contributed by atoms with Crippen LogP contribution < -0.4 is 10.6 Å². The van der Waals surface area contributed by atoms with Gasteiger partial charge in [0.2, 0.25) is 0 Å². The first-order valence-corrected chi connectivity index (χ1v) is 5.28. The lowest BCUT2D eigenvalue weighted by Gasteiger charge is -2.13. The summed E-state index contributed by atoms with van der Waals surface area (Å²) in [6.07, 6.45) is 0. The van der Waals surface area contributed by atoms with Gasteiger partial charge in [-0.1, -0.05) is 11.6 Å². The van der Waals surface area contributed by atoms with E-state index in [9.17, 15) is 18.4 Å². The maximum absolute atomic E-state index is 13.3. The standard InChI is InChI=1S/C10H9ClF2N2O4/c11-5-1-4(12)2-6(13)8(5)15-10(19)14-7(3-16)9(17)18/h1-2,7,16H,3H2,(H,17,18)(H2,14,15,19)/t7-/m0/s1. The van der Waals surface area contributed by atoms with Crippen molar-refractivity contribution in [2.24, 2.45) is 0 Å². The first-order chi connectivity index (χ1) is 8.85. The molecule has 0 heterocycles. The molecule has 0 aliphatic heterocycles. The molecule has 6 nitrogen and oxygen atoms in total. The number of rotatable bonds is 4. The number of carboxylic acid groups (broad SMARTS) is 1. The summed E-state index contributed by atoms with van der Waals surface area (Å²) in [5.41, 5.74) is -0.498. The first-order valence-electron chi connectivity index (χ1n) is 4.91. The molecule has 2 amide bonds. The van der Waals surface area contributed by atoms with Gasteiger partial charge in [-0.15, -0.1) is 0 Å². The van der Waals surface area contributed by atoms with E-state index in [1.807, 2.05) is 10.6 Å². The SMILES string of the molecule is O=C(Nc1c(F)cc(F)cc1Cl)N[C@@H](CO)C(=O)O. The molecule has 19 heavy (non-hydrogen) atoms. The Labute approximate surface area is 111 Å². The molecular weight excluding hydrogens is 286 g/mol. The molecule has 0 spiro atoms. The van der Waals surface area contributed by atoms with Crippen LogP contribution in [0.5, 0.6) is 0 Å². The molecule has 4 N–H and O–H groups in total. The van der Waals surface area contributed by atoms with Crippen LogP contribution in [0.3, 0.4) is 0 Å². The van der Waals surface area contributed by atoms with Gasteiger partial charge in [0.05, 0.1) is 17.3 Å². The molecule has 1 aromatic carbocycles. The monoisotopic (exact) mass is 294 g/mol. The van der Waals surface area contributed by atoms with E-state index in [1.54, 1.807) is 0 Å². The third-order valence-electron chi connectivity index (χ3n) is 2.03. The van der Waals surface area contributed by atoms with Crippen molar-refractivity contribution >= 4 is 29.3 Å². The minimum atomic E-state index is -1.55. The highest BCUT2D eigenvalue weighted by Crippen LogP contribution is 2.26. The average molecular weight is 295 g/mol.